The van der Waals surface area contributed by atoms with Crippen LogP contribution >= 0.6 is 0 Å². The number of halogens is 3. The van der Waals surface area contributed by atoms with Crippen molar-refractivity contribution in [2.75, 3.05) is 0 Å². The van der Waals surface area contributed by atoms with E-state index < -0.39 is 24.0 Å². The lowest BCUT2D eigenvalue weighted by Gasteiger charge is -2.30. The molecule has 1 aromatic rings. The monoisotopic (exact) mass is 330 g/mol. The lowest BCUT2D eigenvalue weighted by atomic mass is 9.85. The molecule has 0 bridgehead atoms. The highest BCUT2D eigenvalue weighted by Crippen LogP contribution is 2.37. The summed E-state index contributed by atoms with van der Waals surface area (Å²) in [6.45, 7) is 1.48. The summed E-state index contributed by atoms with van der Waals surface area (Å²) in [7, 11) is 0. The first-order valence-corrected chi connectivity index (χ1v) is 7.27. The number of carboxylic acid groups (broad SMARTS) is 1. The first-order chi connectivity index (χ1) is 10.7. The SMILES string of the molecule is Cc1nc(C(=O)NC2CCC(C(F)(F)F)CC2)ccc1C(=O)O. The van der Waals surface area contributed by atoms with Gasteiger partial charge in [-0.05, 0) is 44.7 Å². The second kappa shape index (κ2) is 6.55. The number of nitrogens with one attached hydrogen (secondary N) is 1. The average molecular weight is 330 g/mol. The fourth-order valence-corrected chi connectivity index (χ4v) is 2.74. The molecule has 1 aliphatic rings. The van der Waals surface area contributed by atoms with Gasteiger partial charge in [-0.25, -0.2) is 9.78 Å². The van der Waals surface area contributed by atoms with Crippen molar-refractivity contribution in [3.8, 4) is 0 Å². The van der Waals surface area contributed by atoms with E-state index in [1.807, 2.05) is 0 Å². The van der Waals surface area contributed by atoms with Gasteiger partial charge in [0.2, 0.25) is 0 Å². The number of carbonyl (C=O) groups is 2. The Hall–Kier alpha value is -2.12. The van der Waals surface area contributed by atoms with E-state index in [4.69, 9.17) is 5.11 Å². The van der Waals surface area contributed by atoms with E-state index >= 15 is 0 Å². The molecule has 8 heteroatoms. The summed E-state index contributed by atoms with van der Waals surface area (Å²) >= 11 is 0. The van der Waals surface area contributed by atoms with Crippen LogP contribution in [-0.4, -0.2) is 34.2 Å². The number of hydrogen-bond donors (Lipinski definition) is 2. The van der Waals surface area contributed by atoms with Crippen molar-refractivity contribution in [1.82, 2.24) is 10.3 Å². The first-order valence-electron chi connectivity index (χ1n) is 7.27. The standard InChI is InChI=1S/C15H17F3N2O3/c1-8-11(14(22)23)6-7-12(19-8)13(21)20-10-4-2-9(3-5-10)15(16,17)18/h6-7,9-10H,2-5H2,1H3,(H,20,21)(H,22,23). The molecule has 0 radical (unpaired) electrons. The number of nitrogens with zero attached hydrogens (tertiary/aromatic N) is 1. The summed E-state index contributed by atoms with van der Waals surface area (Å²) in [5, 5.41) is 11.6. The molecule has 1 fully saturated rings. The fourth-order valence-electron chi connectivity index (χ4n) is 2.74. The number of aryl methyl sites for hydroxylation is 1. The molecule has 1 amide bonds. The maximum absolute atomic E-state index is 12.6. The maximum atomic E-state index is 12.6. The number of pyridine rings is 1. The third-order valence-electron chi connectivity index (χ3n) is 4.07. The summed E-state index contributed by atoms with van der Waals surface area (Å²) in [6, 6.07) is 2.27. The van der Waals surface area contributed by atoms with Crippen molar-refractivity contribution in [3.05, 3.63) is 29.1 Å². The van der Waals surface area contributed by atoms with E-state index in [1.165, 1.54) is 19.1 Å². The quantitative estimate of drug-likeness (QED) is 0.893. The van der Waals surface area contributed by atoms with Gasteiger partial charge in [0.15, 0.2) is 0 Å². The number of amides is 1. The third-order valence-corrected chi connectivity index (χ3v) is 4.07. The van der Waals surface area contributed by atoms with Crippen molar-refractivity contribution in [2.45, 2.75) is 44.8 Å². The molecule has 5 nitrogen and oxygen atoms in total. The second-order valence-corrected chi connectivity index (χ2v) is 5.70. The average Bonchev–Trinajstić information content (AvgIpc) is 2.46. The zero-order valence-corrected chi connectivity index (χ0v) is 12.5. The second-order valence-electron chi connectivity index (χ2n) is 5.70. The zero-order valence-electron chi connectivity index (χ0n) is 12.5. The van der Waals surface area contributed by atoms with Crippen molar-refractivity contribution in [2.24, 2.45) is 5.92 Å². The lowest BCUT2D eigenvalue weighted by molar-refractivity contribution is -0.182. The van der Waals surface area contributed by atoms with E-state index in [0.717, 1.165) is 0 Å². The zero-order chi connectivity index (χ0) is 17.2. The van der Waals surface area contributed by atoms with Crippen LogP contribution in [0.15, 0.2) is 12.1 Å². The van der Waals surface area contributed by atoms with Gasteiger partial charge in [-0.2, -0.15) is 13.2 Å². The molecular weight excluding hydrogens is 313 g/mol. The molecule has 0 aromatic carbocycles. The molecule has 1 heterocycles. The van der Waals surface area contributed by atoms with Crippen LogP contribution in [0.5, 0.6) is 0 Å². The maximum Gasteiger partial charge on any atom is 0.391 e. The van der Waals surface area contributed by atoms with Gasteiger partial charge in [0.05, 0.1) is 17.2 Å². The molecule has 0 saturated heterocycles. The van der Waals surface area contributed by atoms with Crippen molar-refractivity contribution >= 4 is 11.9 Å². The van der Waals surface area contributed by atoms with E-state index in [9.17, 15) is 22.8 Å². The highest BCUT2D eigenvalue weighted by molar-refractivity contribution is 5.94. The van der Waals surface area contributed by atoms with Gasteiger partial charge in [0.25, 0.3) is 5.91 Å². The molecule has 1 saturated carbocycles. The Morgan fingerprint density at radius 3 is 2.30 bits per heavy atom. The Bertz CT molecular complexity index is 608. The van der Waals surface area contributed by atoms with E-state index in [2.05, 4.69) is 10.3 Å². The fraction of sp³-hybridized carbons (Fsp3) is 0.533. The third kappa shape index (κ3) is 4.20. The molecule has 0 spiro atoms. The summed E-state index contributed by atoms with van der Waals surface area (Å²) in [4.78, 5) is 26.9. The van der Waals surface area contributed by atoms with Crippen LogP contribution in [0.25, 0.3) is 0 Å². The number of carboxylic acids is 1. The number of hydrogen-bond acceptors (Lipinski definition) is 3. The smallest absolute Gasteiger partial charge is 0.391 e. The molecule has 1 aromatic heterocycles. The van der Waals surface area contributed by atoms with Crippen LogP contribution < -0.4 is 5.32 Å². The van der Waals surface area contributed by atoms with Crippen LogP contribution in [0, 0.1) is 12.8 Å². The van der Waals surface area contributed by atoms with E-state index in [0.29, 0.717) is 0 Å². The number of rotatable bonds is 3. The van der Waals surface area contributed by atoms with Crippen LogP contribution in [0.4, 0.5) is 13.2 Å². The normalized spacial score (nSPS) is 21.7. The Balaban J connectivity index is 1.96. The first kappa shape index (κ1) is 17.2. The highest BCUT2D eigenvalue weighted by Gasteiger charge is 2.41. The van der Waals surface area contributed by atoms with Crippen LogP contribution in [0.3, 0.4) is 0 Å². The van der Waals surface area contributed by atoms with Gasteiger partial charge in [0, 0.05) is 6.04 Å². The van der Waals surface area contributed by atoms with Gasteiger partial charge in [0.1, 0.15) is 5.69 Å². The minimum atomic E-state index is -4.18. The summed E-state index contributed by atoms with van der Waals surface area (Å²) in [6.07, 6.45) is -3.65. The Morgan fingerprint density at radius 2 is 1.83 bits per heavy atom. The summed E-state index contributed by atoms with van der Waals surface area (Å²) < 4.78 is 37.8. The van der Waals surface area contributed by atoms with E-state index in [-0.39, 0.29) is 48.7 Å². The van der Waals surface area contributed by atoms with Crippen molar-refractivity contribution < 1.29 is 27.9 Å². The minimum absolute atomic E-state index is 0.00114. The molecule has 126 valence electrons. The van der Waals surface area contributed by atoms with Crippen molar-refractivity contribution in [3.63, 3.8) is 0 Å². The molecule has 0 aliphatic heterocycles. The van der Waals surface area contributed by atoms with Gasteiger partial charge in [-0.3, -0.25) is 4.79 Å². The lowest BCUT2D eigenvalue weighted by Crippen LogP contribution is -2.40. The molecule has 2 rings (SSSR count). The Kier molecular flexibility index (Phi) is 4.91. The highest BCUT2D eigenvalue weighted by atomic mass is 19.4. The number of aromatic carboxylic acids is 1. The number of aromatic nitrogens is 1. The molecule has 0 atom stereocenters. The van der Waals surface area contributed by atoms with Crippen molar-refractivity contribution in [1.29, 1.82) is 0 Å². The summed E-state index contributed by atoms with van der Waals surface area (Å²) in [5.74, 6) is -2.93. The van der Waals surface area contributed by atoms with Crippen LogP contribution in [0.2, 0.25) is 0 Å². The van der Waals surface area contributed by atoms with E-state index in [1.54, 1.807) is 0 Å². The van der Waals surface area contributed by atoms with Gasteiger partial charge in [-0.1, -0.05) is 0 Å². The molecular formula is C15H17F3N2O3. The Labute approximate surface area is 130 Å². The van der Waals surface area contributed by atoms with Crippen LogP contribution in [0.1, 0.15) is 52.2 Å². The predicted octanol–water partition coefficient (Wildman–Crippen LogP) is 2.94. The topological polar surface area (TPSA) is 79.3 Å². The summed E-state index contributed by atoms with van der Waals surface area (Å²) in [5.41, 5.74) is 0.281. The molecule has 23 heavy (non-hydrogen) atoms. The number of alkyl halides is 3. The van der Waals surface area contributed by atoms with Gasteiger partial charge in [-0.15, -0.1) is 0 Å². The minimum Gasteiger partial charge on any atom is -0.478 e. The largest absolute Gasteiger partial charge is 0.478 e. The number of carbonyl (C=O) groups excluding carboxylic acids is 1. The molecule has 0 unspecified atom stereocenters. The van der Waals surface area contributed by atoms with Gasteiger partial charge < -0.3 is 10.4 Å². The predicted molar refractivity (Wildman–Crippen MR) is 75.2 cm³/mol. The molecule has 1 aliphatic carbocycles. The molecule has 2 N–H and O–H groups in total. The van der Waals surface area contributed by atoms with Crippen LogP contribution in [-0.2, 0) is 0 Å². The Morgan fingerprint density at radius 1 is 1.22 bits per heavy atom. The van der Waals surface area contributed by atoms with Gasteiger partial charge >= 0.3 is 12.1 Å².